The standard InChI is InChI=1S/C17H22N2OS/c1-4-18-17(20)13-7-9-14(10-8-13)19-16(12(2)3)15-6-5-11-21-15/h5-12,16,19H,4H2,1-3H3,(H,18,20). The molecular formula is C17H22N2OS. The van der Waals surface area contributed by atoms with Gasteiger partial charge >= 0.3 is 0 Å². The van der Waals surface area contributed by atoms with Crippen LogP contribution in [0.5, 0.6) is 0 Å². The highest BCUT2D eigenvalue weighted by atomic mass is 32.1. The third kappa shape index (κ3) is 4.08. The zero-order chi connectivity index (χ0) is 15.2. The van der Waals surface area contributed by atoms with Crippen LogP contribution in [0.2, 0.25) is 0 Å². The second-order valence-electron chi connectivity index (χ2n) is 5.32. The molecule has 0 saturated carbocycles. The van der Waals surface area contributed by atoms with Gasteiger partial charge < -0.3 is 10.6 Å². The molecule has 1 unspecified atom stereocenters. The highest BCUT2D eigenvalue weighted by Crippen LogP contribution is 2.29. The molecule has 0 spiro atoms. The monoisotopic (exact) mass is 302 g/mol. The lowest BCUT2D eigenvalue weighted by molar-refractivity contribution is 0.0956. The maximum absolute atomic E-state index is 11.7. The predicted octanol–water partition coefficient (Wildman–Crippen LogP) is 4.31. The number of nitrogens with one attached hydrogen (secondary N) is 2. The van der Waals surface area contributed by atoms with Gasteiger partial charge in [0, 0.05) is 22.7 Å². The van der Waals surface area contributed by atoms with Crippen LogP contribution in [-0.4, -0.2) is 12.5 Å². The van der Waals surface area contributed by atoms with Crippen LogP contribution >= 0.6 is 11.3 Å². The van der Waals surface area contributed by atoms with Crippen molar-refractivity contribution in [2.24, 2.45) is 5.92 Å². The first kappa shape index (κ1) is 15.6. The summed E-state index contributed by atoms with van der Waals surface area (Å²) >= 11 is 1.77. The van der Waals surface area contributed by atoms with E-state index in [1.165, 1.54) is 4.88 Å². The lowest BCUT2D eigenvalue weighted by Crippen LogP contribution is -2.22. The highest BCUT2D eigenvalue weighted by Gasteiger charge is 2.16. The Bertz CT molecular complexity index is 561. The Hall–Kier alpha value is -1.81. The summed E-state index contributed by atoms with van der Waals surface area (Å²) < 4.78 is 0. The molecule has 0 saturated heterocycles. The van der Waals surface area contributed by atoms with Crippen molar-refractivity contribution < 1.29 is 4.79 Å². The number of carbonyl (C=O) groups excluding carboxylic acids is 1. The van der Waals surface area contributed by atoms with E-state index in [1.54, 1.807) is 11.3 Å². The molecular weight excluding hydrogens is 280 g/mol. The van der Waals surface area contributed by atoms with E-state index in [2.05, 4.69) is 42.0 Å². The molecule has 112 valence electrons. The molecule has 2 rings (SSSR count). The topological polar surface area (TPSA) is 41.1 Å². The van der Waals surface area contributed by atoms with Gasteiger partial charge in [-0.2, -0.15) is 0 Å². The van der Waals surface area contributed by atoms with Crippen LogP contribution in [0.4, 0.5) is 5.69 Å². The molecule has 0 bridgehead atoms. The van der Waals surface area contributed by atoms with E-state index < -0.39 is 0 Å². The van der Waals surface area contributed by atoms with Gasteiger partial charge in [-0.05, 0) is 48.6 Å². The Labute approximate surface area is 130 Å². The second kappa shape index (κ2) is 7.27. The number of amides is 1. The fourth-order valence-corrected chi connectivity index (χ4v) is 3.14. The fraction of sp³-hybridized carbons (Fsp3) is 0.353. The average Bonchev–Trinajstić information content (AvgIpc) is 2.99. The first-order chi connectivity index (χ1) is 10.1. The lowest BCUT2D eigenvalue weighted by Gasteiger charge is -2.22. The molecule has 0 aliphatic heterocycles. The lowest BCUT2D eigenvalue weighted by atomic mass is 10.0. The molecule has 1 aromatic heterocycles. The number of rotatable bonds is 6. The largest absolute Gasteiger partial charge is 0.377 e. The highest BCUT2D eigenvalue weighted by molar-refractivity contribution is 7.10. The zero-order valence-corrected chi connectivity index (χ0v) is 13.5. The molecule has 0 fully saturated rings. The second-order valence-corrected chi connectivity index (χ2v) is 6.30. The van der Waals surface area contributed by atoms with Crippen LogP contribution < -0.4 is 10.6 Å². The van der Waals surface area contributed by atoms with E-state index >= 15 is 0 Å². The molecule has 1 heterocycles. The molecule has 3 nitrogen and oxygen atoms in total. The first-order valence-electron chi connectivity index (χ1n) is 7.30. The maximum Gasteiger partial charge on any atom is 0.251 e. The number of benzene rings is 1. The SMILES string of the molecule is CCNC(=O)c1ccc(NC(c2cccs2)C(C)C)cc1. The summed E-state index contributed by atoms with van der Waals surface area (Å²) in [7, 11) is 0. The van der Waals surface area contributed by atoms with Crippen LogP contribution in [0, 0.1) is 5.92 Å². The van der Waals surface area contributed by atoms with E-state index in [0.29, 0.717) is 24.1 Å². The molecule has 21 heavy (non-hydrogen) atoms. The predicted molar refractivity (Wildman–Crippen MR) is 90.0 cm³/mol. The summed E-state index contributed by atoms with van der Waals surface area (Å²) in [5, 5.41) is 8.46. The molecule has 0 radical (unpaired) electrons. The van der Waals surface area contributed by atoms with Gasteiger partial charge in [-0.25, -0.2) is 0 Å². The van der Waals surface area contributed by atoms with Crippen LogP contribution in [0.15, 0.2) is 41.8 Å². The summed E-state index contributed by atoms with van der Waals surface area (Å²) in [5.74, 6) is 0.467. The van der Waals surface area contributed by atoms with Gasteiger partial charge in [-0.3, -0.25) is 4.79 Å². The van der Waals surface area contributed by atoms with Gasteiger partial charge in [0.15, 0.2) is 0 Å². The van der Waals surface area contributed by atoms with E-state index in [0.717, 1.165) is 5.69 Å². The summed E-state index contributed by atoms with van der Waals surface area (Å²) in [6.07, 6.45) is 0. The Morgan fingerprint density at radius 1 is 1.19 bits per heavy atom. The minimum atomic E-state index is -0.0253. The van der Waals surface area contributed by atoms with Crippen molar-refractivity contribution in [3.05, 3.63) is 52.2 Å². The smallest absolute Gasteiger partial charge is 0.251 e. The first-order valence-corrected chi connectivity index (χ1v) is 8.18. The fourth-order valence-electron chi connectivity index (χ4n) is 2.19. The van der Waals surface area contributed by atoms with E-state index in [4.69, 9.17) is 0 Å². The van der Waals surface area contributed by atoms with E-state index in [9.17, 15) is 4.79 Å². The third-order valence-electron chi connectivity index (χ3n) is 3.32. The molecule has 2 aromatic rings. The van der Waals surface area contributed by atoms with E-state index in [-0.39, 0.29) is 5.91 Å². The minimum absolute atomic E-state index is 0.0253. The van der Waals surface area contributed by atoms with Crippen LogP contribution in [0.25, 0.3) is 0 Å². The Balaban J connectivity index is 2.10. The summed E-state index contributed by atoms with van der Waals surface area (Å²) in [5.41, 5.74) is 1.73. The summed E-state index contributed by atoms with van der Waals surface area (Å²) in [6.45, 7) is 6.98. The van der Waals surface area contributed by atoms with Crippen molar-refractivity contribution in [3.63, 3.8) is 0 Å². The van der Waals surface area contributed by atoms with Crippen LogP contribution in [-0.2, 0) is 0 Å². The van der Waals surface area contributed by atoms with E-state index in [1.807, 2.05) is 31.2 Å². The Morgan fingerprint density at radius 3 is 2.43 bits per heavy atom. The molecule has 1 aromatic carbocycles. The Kier molecular flexibility index (Phi) is 5.39. The van der Waals surface area contributed by atoms with Crippen molar-refractivity contribution >= 4 is 22.9 Å². The molecule has 1 amide bonds. The maximum atomic E-state index is 11.7. The number of hydrogen-bond acceptors (Lipinski definition) is 3. The molecule has 4 heteroatoms. The average molecular weight is 302 g/mol. The van der Waals surface area contributed by atoms with Crippen molar-refractivity contribution in [1.29, 1.82) is 0 Å². The number of thiophene rings is 1. The number of hydrogen-bond donors (Lipinski definition) is 2. The van der Waals surface area contributed by atoms with Crippen LogP contribution in [0.1, 0.15) is 42.0 Å². The van der Waals surface area contributed by atoms with Gasteiger partial charge in [0.05, 0.1) is 6.04 Å². The van der Waals surface area contributed by atoms with Crippen LogP contribution in [0.3, 0.4) is 0 Å². The van der Waals surface area contributed by atoms with Crippen molar-refractivity contribution in [3.8, 4) is 0 Å². The zero-order valence-electron chi connectivity index (χ0n) is 12.7. The summed E-state index contributed by atoms with van der Waals surface area (Å²) in [4.78, 5) is 13.1. The molecule has 1 atom stereocenters. The van der Waals surface area contributed by atoms with Crippen molar-refractivity contribution in [2.75, 3.05) is 11.9 Å². The van der Waals surface area contributed by atoms with Gasteiger partial charge in [0.2, 0.25) is 0 Å². The molecule has 2 N–H and O–H groups in total. The quantitative estimate of drug-likeness (QED) is 0.835. The normalized spacial score (nSPS) is 12.2. The van der Waals surface area contributed by atoms with Gasteiger partial charge in [0.1, 0.15) is 0 Å². The van der Waals surface area contributed by atoms with Crippen molar-refractivity contribution in [2.45, 2.75) is 26.8 Å². The summed E-state index contributed by atoms with van der Waals surface area (Å²) in [6, 6.07) is 12.2. The van der Waals surface area contributed by atoms with Gasteiger partial charge in [-0.1, -0.05) is 19.9 Å². The van der Waals surface area contributed by atoms with Crippen molar-refractivity contribution in [1.82, 2.24) is 5.32 Å². The number of anilines is 1. The van der Waals surface area contributed by atoms with Gasteiger partial charge in [-0.15, -0.1) is 11.3 Å². The molecule has 0 aliphatic carbocycles. The third-order valence-corrected chi connectivity index (χ3v) is 4.28. The molecule has 0 aliphatic rings. The van der Waals surface area contributed by atoms with Gasteiger partial charge in [0.25, 0.3) is 5.91 Å². The Morgan fingerprint density at radius 2 is 1.90 bits per heavy atom. The number of carbonyl (C=O) groups is 1. The minimum Gasteiger partial charge on any atom is -0.377 e.